The van der Waals surface area contributed by atoms with Gasteiger partial charge in [0.1, 0.15) is 23.8 Å². The zero-order valence-electron chi connectivity index (χ0n) is 11.8. The van der Waals surface area contributed by atoms with Gasteiger partial charge in [-0.25, -0.2) is 9.97 Å². The summed E-state index contributed by atoms with van der Waals surface area (Å²) >= 11 is 0. The molecule has 0 aliphatic heterocycles. The highest BCUT2D eigenvalue weighted by molar-refractivity contribution is 5.49. The van der Waals surface area contributed by atoms with Gasteiger partial charge in [-0.15, -0.1) is 0 Å². The Labute approximate surface area is 117 Å². The number of aliphatic hydroxyl groups excluding tert-OH is 3. The van der Waals surface area contributed by atoms with E-state index >= 15 is 0 Å². The number of aliphatic hydroxyl groups is 3. The van der Waals surface area contributed by atoms with Crippen molar-refractivity contribution in [1.82, 2.24) is 9.97 Å². The molecule has 0 saturated heterocycles. The molecule has 0 fully saturated rings. The highest BCUT2D eigenvalue weighted by Gasteiger charge is 2.28. The van der Waals surface area contributed by atoms with E-state index in [0.717, 1.165) is 0 Å². The average molecular weight is 286 g/mol. The van der Waals surface area contributed by atoms with E-state index in [1.165, 1.54) is 7.11 Å². The molecule has 8 heteroatoms. The molecule has 0 bridgehead atoms. The van der Waals surface area contributed by atoms with E-state index < -0.39 is 25.4 Å². The van der Waals surface area contributed by atoms with Crippen molar-refractivity contribution in [2.75, 3.05) is 44.1 Å². The predicted octanol–water partition coefficient (Wildman–Crippen LogP) is -0.818. The SMILES string of the molecule is CCNc1cc(NC(CO)(CO)CO)nc(COC)n1. The third-order valence-corrected chi connectivity index (χ3v) is 2.71. The molecule has 0 aliphatic carbocycles. The second-order valence-corrected chi connectivity index (χ2v) is 4.40. The molecular formula is C12H22N4O4. The first kappa shape index (κ1) is 16.6. The van der Waals surface area contributed by atoms with Gasteiger partial charge in [-0.2, -0.15) is 0 Å². The molecule has 1 heterocycles. The summed E-state index contributed by atoms with van der Waals surface area (Å²) in [7, 11) is 1.54. The predicted molar refractivity (Wildman–Crippen MR) is 74.5 cm³/mol. The molecular weight excluding hydrogens is 264 g/mol. The molecule has 0 radical (unpaired) electrons. The van der Waals surface area contributed by atoms with Crippen LogP contribution in [0.25, 0.3) is 0 Å². The minimum atomic E-state index is -1.23. The monoisotopic (exact) mass is 286 g/mol. The van der Waals surface area contributed by atoms with Crippen molar-refractivity contribution < 1.29 is 20.1 Å². The van der Waals surface area contributed by atoms with Gasteiger partial charge in [0.15, 0.2) is 5.82 Å². The third-order valence-electron chi connectivity index (χ3n) is 2.71. The first-order valence-corrected chi connectivity index (χ1v) is 6.34. The van der Waals surface area contributed by atoms with Crippen LogP contribution in [0.3, 0.4) is 0 Å². The summed E-state index contributed by atoms with van der Waals surface area (Å²) in [6.07, 6.45) is 0. The van der Waals surface area contributed by atoms with Crippen LogP contribution < -0.4 is 10.6 Å². The quantitative estimate of drug-likeness (QED) is 0.399. The number of ether oxygens (including phenoxy) is 1. The Morgan fingerprint density at radius 1 is 1.15 bits per heavy atom. The Morgan fingerprint density at radius 3 is 2.25 bits per heavy atom. The fourth-order valence-corrected chi connectivity index (χ4v) is 1.57. The van der Waals surface area contributed by atoms with Gasteiger partial charge in [-0.3, -0.25) is 0 Å². The number of methoxy groups -OCH3 is 1. The molecule has 0 aromatic carbocycles. The third kappa shape index (κ3) is 4.27. The molecule has 1 rings (SSSR count). The van der Waals surface area contributed by atoms with E-state index in [0.29, 0.717) is 24.0 Å². The van der Waals surface area contributed by atoms with Crippen molar-refractivity contribution in [3.05, 3.63) is 11.9 Å². The molecule has 0 spiro atoms. The molecule has 114 valence electrons. The topological polar surface area (TPSA) is 120 Å². The first-order chi connectivity index (χ1) is 9.62. The van der Waals surface area contributed by atoms with Gasteiger partial charge in [0, 0.05) is 19.7 Å². The van der Waals surface area contributed by atoms with Gasteiger partial charge in [-0.1, -0.05) is 0 Å². The van der Waals surface area contributed by atoms with Crippen molar-refractivity contribution in [2.45, 2.75) is 19.1 Å². The second-order valence-electron chi connectivity index (χ2n) is 4.40. The van der Waals surface area contributed by atoms with Gasteiger partial charge in [-0.05, 0) is 6.92 Å². The molecule has 1 aromatic rings. The van der Waals surface area contributed by atoms with Crippen LogP contribution in [0.15, 0.2) is 6.07 Å². The fourth-order valence-electron chi connectivity index (χ4n) is 1.57. The number of anilines is 2. The number of aromatic nitrogens is 2. The van der Waals surface area contributed by atoms with Gasteiger partial charge >= 0.3 is 0 Å². The summed E-state index contributed by atoms with van der Waals surface area (Å²) in [5.74, 6) is 1.44. The molecule has 0 atom stereocenters. The smallest absolute Gasteiger partial charge is 0.158 e. The van der Waals surface area contributed by atoms with Crippen LogP contribution in [0.2, 0.25) is 0 Å². The zero-order chi connectivity index (χ0) is 15.0. The number of nitrogens with zero attached hydrogens (tertiary/aromatic N) is 2. The normalized spacial score (nSPS) is 11.4. The maximum atomic E-state index is 9.32. The Bertz CT molecular complexity index is 380. The summed E-state index contributed by atoms with van der Waals surface area (Å²) in [6.45, 7) is 1.57. The van der Waals surface area contributed by atoms with E-state index in [4.69, 9.17) is 4.74 Å². The van der Waals surface area contributed by atoms with Crippen LogP contribution in [0, 0.1) is 0 Å². The first-order valence-electron chi connectivity index (χ1n) is 6.34. The van der Waals surface area contributed by atoms with Crippen LogP contribution in [-0.2, 0) is 11.3 Å². The van der Waals surface area contributed by atoms with Crippen molar-refractivity contribution in [3.63, 3.8) is 0 Å². The van der Waals surface area contributed by atoms with E-state index in [2.05, 4.69) is 20.6 Å². The van der Waals surface area contributed by atoms with Crippen LogP contribution >= 0.6 is 0 Å². The molecule has 20 heavy (non-hydrogen) atoms. The van der Waals surface area contributed by atoms with Crippen molar-refractivity contribution >= 4 is 11.6 Å². The van der Waals surface area contributed by atoms with E-state index in [1.807, 2.05) is 6.92 Å². The summed E-state index contributed by atoms with van der Waals surface area (Å²) in [5, 5.41) is 33.8. The molecule has 0 saturated carbocycles. The van der Waals surface area contributed by atoms with Gasteiger partial charge in [0.25, 0.3) is 0 Å². The Morgan fingerprint density at radius 2 is 1.75 bits per heavy atom. The minimum Gasteiger partial charge on any atom is -0.394 e. The van der Waals surface area contributed by atoms with Crippen molar-refractivity contribution in [3.8, 4) is 0 Å². The number of hydrogen-bond donors (Lipinski definition) is 5. The van der Waals surface area contributed by atoms with Crippen LogP contribution in [-0.4, -0.2) is 64.3 Å². The van der Waals surface area contributed by atoms with E-state index in [9.17, 15) is 15.3 Å². The summed E-state index contributed by atoms with van der Waals surface area (Å²) in [6, 6.07) is 1.64. The maximum Gasteiger partial charge on any atom is 0.158 e. The van der Waals surface area contributed by atoms with Crippen LogP contribution in [0.5, 0.6) is 0 Å². The summed E-state index contributed by atoms with van der Waals surface area (Å²) in [4.78, 5) is 8.46. The van der Waals surface area contributed by atoms with Crippen LogP contribution in [0.4, 0.5) is 11.6 Å². The highest BCUT2D eigenvalue weighted by Crippen LogP contribution is 2.17. The van der Waals surface area contributed by atoms with Crippen molar-refractivity contribution in [1.29, 1.82) is 0 Å². The largest absolute Gasteiger partial charge is 0.394 e. The van der Waals surface area contributed by atoms with Gasteiger partial charge in [0.2, 0.25) is 0 Å². The lowest BCUT2D eigenvalue weighted by Crippen LogP contribution is -2.49. The molecule has 0 amide bonds. The number of nitrogens with one attached hydrogen (secondary N) is 2. The Hall–Kier alpha value is -1.48. The minimum absolute atomic E-state index is 0.234. The molecule has 1 aromatic heterocycles. The maximum absolute atomic E-state index is 9.32. The fraction of sp³-hybridized carbons (Fsp3) is 0.667. The number of rotatable bonds is 9. The summed E-state index contributed by atoms with van der Waals surface area (Å²) in [5.41, 5.74) is -1.23. The van der Waals surface area contributed by atoms with E-state index in [1.54, 1.807) is 6.07 Å². The molecule has 0 unspecified atom stereocenters. The second kappa shape index (κ2) is 7.95. The van der Waals surface area contributed by atoms with E-state index in [-0.39, 0.29) is 6.61 Å². The zero-order valence-corrected chi connectivity index (χ0v) is 11.8. The Kier molecular flexibility index (Phi) is 6.59. The van der Waals surface area contributed by atoms with Gasteiger partial charge < -0.3 is 30.7 Å². The van der Waals surface area contributed by atoms with Gasteiger partial charge in [0.05, 0.1) is 19.8 Å². The molecule has 0 aliphatic rings. The Balaban J connectivity index is 3.02. The lowest BCUT2D eigenvalue weighted by atomic mass is 10.0. The van der Waals surface area contributed by atoms with Crippen molar-refractivity contribution in [2.24, 2.45) is 0 Å². The standard InChI is InChI=1S/C12H22N4O4/c1-3-13-9-4-10(15-11(14-9)5-20-2)16-12(6-17,7-18)8-19/h4,17-19H,3,5-8H2,1-2H3,(H2,13,14,15,16). The average Bonchev–Trinajstić information content (AvgIpc) is 2.45. The summed E-state index contributed by atoms with van der Waals surface area (Å²) < 4.78 is 5.00. The highest BCUT2D eigenvalue weighted by atomic mass is 16.5. The molecule has 5 N–H and O–H groups in total. The lowest BCUT2D eigenvalue weighted by molar-refractivity contribution is 0.0830. The number of hydrogen-bond acceptors (Lipinski definition) is 8. The van der Waals surface area contributed by atoms with Crippen LogP contribution in [0.1, 0.15) is 12.7 Å². The lowest BCUT2D eigenvalue weighted by Gasteiger charge is -2.29. The molecule has 8 nitrogen and oxygen atoms in total.